The van der Waals surface area contributed by atoms with E-state index >= 15 is 0 Å². The molecule has 1 amide bonds. The van der Waals surface area contributed by atoms with Crippen LogP contribution in [0.25, 0.3) is 0 Å². The molecule has 0 radical (unpaired) electrons. The summed E-state index contributed by atoms with van der Waals surface area (Å²) in [4.78, 5) is 25.1. The molecule has 1 aromatic carbocycles. The first kappa shape index (κ1) is 26.6. The van der Waals surface area contributed by atoms with Gasteiger partial charge in [-0.05, 0) is 40.2 Å². The number of nitrogens with zero attached hydrogens (tertiary/aromatic N) is 4. The zero-order valence-electron chi connectivity index (χ0n) is 20.5. The highest BCUT2D eigenvalue weighted by atomic mass is 32.2. The van der Waals surface area contributed by atoms with E-state index in [2.05, 4.69) is 9.82 Å². The molecule has 35 heavy (non-hydrogen) atoms. The van der Waals surface area contributed by atoms with Crippen molar-refractivity contribution in [1.29, 1.82) is 0 Å². The van der Waals surface area contributed by atoms with Gasteiger partial charge in [-0.25, -0.2) is 17.8 Å². The van der Waals surface area contributed by atoms with Gasteiger partial charge in [0.25, 0.3) is 11.6 Å². The van der Waals surface area contributed by atoms with E-state index in [0.29, 0.717) is 38.3 Å². The monoisotopic (exact) mass is 509 g/mol. The van der Waals surface area contributed by atoms with E-state index < -0.39 is 21.0 Å². The van der Waals surface area contributed by atoms with E-state index in [9.17, 15) is 23.3 Å². The summed E-state index contributed by atoms with van der Waals surface area (Å²) in [5.41, 5.74) is 0.241. The van der Waals surface area contributed by atoms with E-state index in [-0.39, 0.29) is 39.9 Å². The Morgan fingerprint density at radius 2 is 1.94 bits per heavy atom. The quantitative estimate of drug-likeness (QED) is 0.401. The number of benzene rings is 1. The zero-order valence-corrected chi connectivity index (χ0v) is 21.3. The van der Waals surface area contributed by atoms with Crippen molar-refractivity contribution in [2.24, 2.45) is 0 Å². The van der Waals surface area contributed by atoms with Gasteiger partial charge in [-0.3, -0.25) is 14.9 Å². The van der Waals surface area contributed by atoms with Gasteiger partial charge in [0, 0.05) is 36.8 Å². The Labute approximate surface area is 204 Å². The molecular weight excluding hydrogens is 478 g/mol. The van der Waals surface area contributed by atoms with Crippen LogP contribution in [0.1, 0.15) is 56.2 Å². The number of aromatic nitrogens is 2. The van der Waals surface area contributed by atoms with Crippen LogP contribution in [-0.2, 0) is 14.8 Å². The number of carbonyl (C=O) groups excluding carboxylic acids is 1. The predicted molar refractivity (Wildman–Crippen MR) is 127 cm³/mol. The summed E-state index contributed by atoms with van der Waals surface area (Å²) in [5, 5.41) is 15.8. The fourth-order valence-electron chi connectivity index (χ4n) is 3.51. The van der Waals surface area contributed by atoms with Crippen molar-refractivity contribution in [3.05, 3.63) is 39.6 Å². The third kappa shape index (κ3) is 5.80. The summed E-state index contributed by atoms with van der Waals surface area (Å²) in [6.07, 6.45) is 0.524. The van der Waals surface area contributed by atoms with Crippen LogP contribution in [0, 0.1) is 17.0 Å². The van der Waals surface area contributed by atoms with Crippen LogP contribution >= 0.6 is 0 Å². The van der Waals surface area contributed by atoms with E-state index in [4.69, 9.17) is 9.47 Å². The van der Waals surface area contributed by atoms with Crippen LogP contribution < -0.4 is 9.46 Å². The van der Waals surface area contributed by atoms with Crippen LogP contribution in [0.2, 0.25) is 0 Å². The number of hydrogen-bond acceptors (Lipinski definition) is 8. The maximum absolute atomic E-state index is 13.1. The van der Waals surface area contributed by atoms with E-state index in [1.54, 1.807) is 18.7 Å². The number of non-ortho nitro benzene ring substituents is 1. The van der Waals surface area contributed by atoms with Crippen molar-refractivity contribution >= 4 is 21.6 Å². The standard InChI is InChI=1S/C22H31N5O7S/c1-6-15(4)24-35(31,32)19-13-17(27(29)30)7-8-18(19)34-22-16(5)20(23-26(22)14(2)3)21(28)25-9-11-33-12-10-25/h7-8,13-15,24H,6,9-12H2,1-5H3. The van der Waals surface area contributed by atoms with Crippen molar-refractivity contribution in [3.8, 4) is 11.6 Å². The molecule has 13 heteroatoms. The Morgan fingerprint density at radius 3 is 2.51 bits per heavy atom. The molecule has 1 N–H and O–H groups in total. The number of ether oxygens (including phenoxy) is 2. The Hall–Kier alpha value is -3.03. The van der Waals surface area contributed by atoms with Gasteiger partial charge < -0.3 is 14.4 Å². The molecule has 1 atom stereocenters. The van der Waals surface area contributed by atoms with Crippen molar-refractivity contribution in [2.45, 2.75) is 58.0 Å². The minimum absolute atomic E-state index is 0.110. The second-order valence-electron chi connectivity index (χ2n) is 8.64. The zero-order chi connectivity index (χ0) is 25.9. The lowest BCUT2D eigenvalue weighted by Gasteiger charge is -2.26. The smallest absolute Gasteiger partial charge is 0.274 e. The number of hydrogen-bond donors (Lipinski definition) is 1. The molecule has 1 unspecified atom stereocenters. The third-order valence-electron chi connectivity index (χ3n) is 5.68. The normalized spacial score (nSPS) is 15.3. The maximum Gasteiger partial charge on any atom is 0.274 e. The third-order valence-corrected chi connectivity index (χ3v) is 7.30. The molecule has 1 fully saturated rings. The molecular formula is C22H31N5O7S. The fraction of sp³-hybridized carbons (Fsp3) is 0.545. The molecule has 2 heterocycles. The van der Waals surface area contributed by atoms with E-state index in [1.807, 2.05) is 20.8 Å². The van der Waals surface area contributed by atoms with Crippen LogP contribution in [0.5, 0.6) is 11.6 Å². The summed E-state index contributed by atoms with van der Waals surface area (Å²) in [7, 11) is -4.15. The molecule has 1 aromatic heterocycles. The Kier molecular flexibility index (Phi) is 8.13. The van der Waals surface area contributed by atoms with Crippen molar-refractivity contribution < 1.29 is 27.6 Å². The van der Waals surface area contributed by atoms with Crippen LogP contribution in [-0.4, -0.2) is 66.3 Å². The lowest BCUT2D eigenvalue weighted by atomic mass is 10.2. The van der Waals surface area contributed by atoms with Gasteiger partial charge in [-0.15, -0.1) is 0 Å². The molecule has 1 saturated heterocycles. The van der Waals surface area contributed by atoms with Gasteiger partial charge in [-0.2, -0.15) is 5.10 Å². The predicted octanol–water partition coefficient (Wildman–Crippen LogP) is 3.02. The average Bonchev–Trinajstić information content (AvgIpc) is 3.15. The van der Waals surface area contributed by atoms with Gasteiger partial charge in [0.15, 0.2) is 5.69 Å². The first-order valence-electron chi connectivity index (χ1n) is 11.4. The summed E-state index contributed by atoms with van der Waals surface area (Å²) in [6.45, 7) is 10.6. The largest absolute Gasteiger partial charge is 0.438 e. The van der Waals surface area contributed by atoms with Crippen molar-refractivity contribution in [3.63, 3.8) is 0 Å². The van der Waals surface area contributed by atoms with Crippen LogP contribution in [0.15, 0.2) is 23.1 Å². The number of nitro benzene ring substituents is 1. The maximum atomic E-state index is 13.1. The Bertz CT molecular complexity index is 1200. The molecule has 192 valence electrons. The van der Waals surface area contributed by atoms with Gasteiger partial charge in [0.05, 0.1) is 24.2 Å². The number of carbonyl (C=O) groups is 1. The highest BCUT2D eigenvalue weighted by Crippen LogP contribution is 2.36. The van der Waals surface area contributed by atoms with E-state index in [1.165, 1.54) is 16.8 Å². The molecule has 3 rings (SSSR count). The minimum Gasteiger partial charge on any atom is -0.438 e. The summed E-state index contributed by atoms with van der Waals surface area (Å²) in [5.74, 6) is -0.197. The highest BCUT2D eigenvalue weighted by Gasteiger charge is 2.30. The van der Waals surface area contributed by atoms with Crippen LogP contribution in [0.4, 0.5) is 5.69 Å². The lowest BCUT2D eigenvalue weighted by Crippen LogP contribution is -2.41. The van der Waals surface area contributed by atoms with Crippen molar-refractivity contribution in [1.82, 2.24) is 19.4 Å². The second-order valence-corrected chi connectivity index (χ2v) is 10.3. The number of amides is 1. The molecule has 1 aliphatic rings. The van der Waals surface area contributed by atoms with Crippen molar-refractivity contribution in [2.75, 3.05) is 26.3 Å². The second kappa shape index (κ2) is 10.7. The van der Waals surface area contributed by atoms with Gasteiger partial charge in [0.2, 0.25) is 15.9 Å². The SMILES string of the molecule is CCC(C)NS(=O)(=O)c1cc([N+](=O)[O-])ccc1Oc1c(C)c(C(=O)N2CCOCC2)nn1C(C)C. The summed E-state index contributed by atoms with van der Waals surface area (Å²) < 4.78 is 41.6. The van der Waals surface area contributed by atoms with Gasteiger partial charge in [-0.1, -0.05) is 6.92 Å². The number of nitro groups is 1. The van der Waals surface area contributed by atoms with Gasteiger partial charge in [0.1, 0.15) is 10.6 Å². The number of nitrogens with one attached hydrogen (secondary N) is 1. The number of sulfonamides is 1. The van der Waals surface area contributed by atoms with E-state index in [0.717, 1.165) is 6.07 Å². The fourth-order valence-corrected chi connectivity index (χ4v) is 4.99. The molecule has 0 spiro atoms. The average molecular weight is 510 g/mol. The number of rotatable bonds is 9. The minimum atomic E-state index is -4.15. The van der Waals surface area contributed by atoms with Gasteiger partial charge >= 0.3 is 0 Å². The molecule has 0 saturated carbocycles. The molecule has 0 aliphatic carbocycles. The van der Waals surface area contributed by atoms with Crippen LogP contribution in [0.3, 0.4) is 0 Å². The first-order chi connectivity index (χ1) is 16.5. The highest BCUT2D eigenvalue weighted by molar-refractivity contribution is 7.89. The lowest BCUT2D eigenvalue weighted by molar-refractivity contribution is -0.385. The molecule has 1 aliphatic heterocycles. The number of morpholine rings is 1. The first-order valence-corrected chi connectivity index (χ1v) is 12.9. The molecule has 12 nitrogen and oxygen atoms in total. The Balaban J connectivity index is 2.08. The summed E-state index contributed by atoms with van der Waals surface area (Å²) in [6, 6.07) is 2.76. The molecule has 2 aromatic rings. The Morgan fingerprint density at radius 1 is 1.29 bits per heavy atom. The molecule has 0 bridgehead atoms. The summed E-state index contributed by atoms with van der Waals surface area (Å²) >= 11 is 0. The topological polar surface area (TPSA) is 146 Å².